The van der Waals surface area contributed by atoms with Gasteiger partial charge < -0.3 is 10.2 Å². The van der Waals surface area contributed by atoms with Crippen LogP contribution < -0.4 is 5.32 Å². The second-order valence-electron chi connectivity index (χ2n) is 8.70. The second-order valence-corrected chi connectivity index (χ2v) is 8.70. The highest BCUT2D eigenvalue weighted by atomic mass is 19.1. The van der Waals surface area contributed by atoms with Gasteiger partial charge in [0.25, 0.3) is 0 Å². The first-order chi connectivity index (χ1) is 15.4. The third-order valence-corrected chi connectivity index (χ3v) is 5.67. The van der Waals surface area contributed by atoms with E-state index < -0.39 is 6.04 Å². The van der Waals surface area contributed by atoms with E-state index in [-0.39, 0.29) is 30.2 Å². The van der Waals surface area contributed by atoms with Crippen molar-refractivity contribution in [2.24, 2.45) is 5.92 Å². The minimum absolute atomic E-state index is 0.0199. The number of carbonyl (C=O) groups is 2. The third-order valence-electron chi connectivity index (χ3n) is 5.67. The Morgan fingerprint density at radius 2 is 1.88 bits per heavy atom. The number of rotatable bonds is 9. The zero-order valence-electron chi connectivity index (χ0n) is 18.4. The Balaban J connectivity index is 1.62. The summed E-state index contributed by atoms with van der Waals surface area (Å²) in [7, 11) is 0. The van der Waals surface area contributed by atoms with Crippen molar-refractivity contribution in [3.63, 3.8) is 0 Å². The molecule has 4 rings (SSSR count). The van der Waals surface area contributed by atoms with Crippen LogP contribution in [0.25, 0.3) is 11.0 Å². The van der Waals surface area contributed by atoms with Crippen LogP contribution in [0.15, 0.2) is 48.5 Å². The Kier molecular flexibility index (Phi) is 6.48. The molecule has 0 bridgehead atoms. The van der Waals surface area contributed by atoms with Crippen molar-refractivity contribution in [1.82, 2.24) is 25.2 Å². The quantitative estimate of drug-likeness (QED) is 0.556. The smallest absolute Gasteiger partial charge is 0.247 e. The SMILES string of the molecule is CC(C)CCNC(=O)C(c1ccc(F)cc1)N(C(=O)Cn1nnc2ccccc21)C1CC1. The van der Waals surface area contributed by atoms with E-state index >= 15 is 0 Å². The molecule has 3 aromatic rings. The average Bonchev–Trinajstić information content (AvgIpc) is 3.53. The fourth-order valence-corrected chi connectivity index (χ4v) is 3.82. The first-order valence-corrected chi connectivity index (χ1v) is 11.1. The van der Waals surface area contributed by atoms with Gasteiger partial charge in [0.1, 0.15) is 23.9 Å². The van der Waals surface area contributed by atoms with Crippen LogP contribution in [0.3, 0.4) is 0 Å². The normalized spacial score (nSPS) is 14.5. The molecular weight excluding hydrogens is 409 g/mol. The van der Waals surface area contributed by atoms with Crippen LogP contribution in [0.5, 0.6) is 0 Å². The number of halogens is 1. The number of benzene rings is 2. The number of nitrogens with zero attached hydrogens (tertiary/aromatic N) is 4. The van der Waals surface area contributed by atoms with Gasteiger partial charge in [0.15, 0.2) is 0 Å². The lowest BCUT2D eigenvalue weighted by atomic mass is 10.0. The maximum Gasteiger partial charge on any atom is 0.247 e. The zero-order valence-corrected chi connectivity index (χ0v) is 18.4. The van der Waals surface area contributed by atoms with Crippen LogP contribution in [0.2, 0.25) is 0 Å². The summed E-state index contributed by atoms with van der Waals surface area (Å²) >= 11 is 0. The third kappa shape index (κ3) is 4.95. The summed E-state index contributed by atoms with van der Waals surface area (Å²) in [5.74, 6) is -0.398. The first kappa shape index (κ1) is 21.9. The van der Waals surface area contributed by atoms with Gasteiger partial charge in [-0.1, -0.05) is 43.3 Å². The van der Waals surface area contributed by atoms with Gasteiger partial charge in [-0.25, -0.2) is 9.07 Å². The van der Waals surface area contributed by atoms with Gasteiger partial charge in [-0.2, -0.15) is 0 Å². The lowest BCUT2D eigenvalue weighted by Gasteiger charge is -2.31. The maximum absolute atomic E-state index is 13.6. The van der Waals surface area contributed by atoms with Crippen LogP contribution >= 0.6 is 0 Å². The van der Waals surface area contributed by atoms with E-state index in [0.717, 1.165) is 24.8 Å². The lowest BCUT2D eigenvalue weighted by molar-refractivity contribution is -0.142. The number of hydrogen-bond donors (Lipinski definition) is 1. The van der Waals surface area contributed by atoms with Crippen LogP contribution in [-0.4, -0.2) is 44.3 Å². The fourth-order valence-electron chi connectivity index (χ4n) is 3.82. The molecule has 1 aliphatic rings. The lowest BCUT2D eigenvalue weighted by Crippen LogP contribution is -2.46. The van der Waals surface area contributed by atoms with Crippen LogP contribution in [-0.2, 0) is 16.1 Å². The van der Waals surface area contributed by atoms with Crippen molar-refractivity contribution >= 4 is 22.8 Å². The molecule has 168 valence electrons. The Morgan fingerprint density at radius 1 is 1.16 bits per heavy atom. The highest BCUT2D eigenvalue weighted by Crippen LogP contribution is 2.35. The summed E-state index contributed by atoms with van der Waals surface area (Å²) in [5, 5.41) is 11.2. The summed E-state index contributed by atoms with van der Waals surface area (Å²) in [6.45, 7) is 4.68. The van der Waals surface area contributed by atoms with Gasteiger partial charge >= 0.3 is 0 Å². The monoisotopic (exact) mass is 437 g/mol. The molecule has 1 aliphatic carbocycles. The summed E-state index contributed by atoms with van der Waals surface area (Å²) in [4.78, 5) is 28.4. The maximum atomic E-state index is 13.6. The summed E-state index contributed by atoms with van der Waals surface area (Å²) in [6, 6.07) is 12.4. The standard InChI is InChI=1S/C24H28FN5O2/c1-16(2)13-14-26-24(32)23(17-7-9-18(25)10-8-17)30(19-11-12-19)22(31)15-29-21-6-4-3-5-20(21)27-28-29/h3-10,16,19,23H,11-15H2,1-2H3,(H,26,32). The van der Waals surface area contributed by atoms with Crippen molar-refractivity contribution in [2.75, 3.05) is 6.54 Å². The highest BCUT2D eigenvalue weighted by molar-refractivity contribution is 5.89. The molecule has 7 nitrogen and oxygen atoms in total. The molecule has 0 aliphatic heterocycles. The van der Waals surface area contributed by atoms with Gasteiger partial charge in [0.2, 0.25) is 11.8 Å². The topological polar surface area (TPSA) is 80.1 Å². The van der Waals surface area contributed by atoms with E-state index in [2.05, 4.69) is 29.5 Å². The van der Waals surface area contributed by atoms with E-state index in [1.54, 1.807) is 21.7 Å². The van der Waals surface area contributed by atoms with E-state index in [4.69, 9.17) is 0 Å². The number of nitrogens with one attached hydrogen (secondary N) is 1. The van der Waals surface area contributed by atoms with Gasteiger partial charge in [-0.05, 0) is 55.0 Å². The molecule has 1 heterocycles. The number of para-hydroxylation sites is 1. The number of carbonyl (C=O) groups excluding carboxylic acids is 2. The molecule has 32 heavy (non-hydrogen) atoms. The zero-order chi connectivity index (χ0) is 22.7. The molecule has 1 saturated carbocycles. The van der Waals surface area contributed by atoms with Crippen molar-refractivity contribution in [1.29, 1.82) is 0 Å². The van der Waals surface area contributed by atoms with Crippen molar-refractivity contribution in [3.05, 3.63) is 59.9 Å². The Bertz CT molecular complexity index is 1090. The molecule has 1 N–H and O–H groups in total. The summed E-state index contributed by atoms with van der Waals surface area (Å²) in [6.07, 6.45) is 2.51. The average molecular weight is 438 g/mol. The summed E-state index contributed by atoms with van der Waals surface area (Å²) < 4.78 is 15.1. The molecule has 1 aromatic heterocycles. The Morgan fingerprint density at radius 3 is 2.56 bits per heavy atom. The highest BCUT2D eigenvalue weighted by Gasteiger charge is 2.41. The van der Waals surface area contributed by atoms with E-state index in [1.165, 1.54) is 12.1 Å². The van der Waals surface area contributed by atoms with Crippen molar-refractivity contribution < 1.29 is 14.0 Å². The van der Waals surface area contributed by atoms with Crippen LogP contribution in [0.1, 0.15) is 44.7 Å². The molecule has 2 amide bonds. The number of amides is 2. The predicted molar refractivity (Wildman–Crippen MR) is 119 cm³/mol. The van der Waals surface area contributed by atoms with E-state index in [0.29, 0.717) is 23.5 Å². The number of fused-ring (bicyclic) bond motifs is 1. The number of hydrogen-bond acceptors (Lipinski definition) is 4. The molecule has 0 spiro atoms. The Hall–Kier alpha value is -3.29. The first-order valence-electron chi connectivity index (χ1n) is 11.1. The minimum Gasteiger partial charge on any atom is -0.354 e. The number of aromatic nitrogens is 3. The van der Waals surface area contributed by atoms with Crippen LogP contribution in [0, 0.1) is 11.7 Å². The molecule has 1 unspecified atom stereocenters. The van der Waals surface area contributed by atoms with Gasteiger partial charge in [-0.3, -0.25) is 9.59 Å². The molecule has 8 heteroatoms. The van der Waals surface area contributed by atoms with Crippen molar-refractivity contribution in [2.45, 2.75) is 51.7 Å². The van der Waals surface area contributed by atoms with Gasteiger partial charge in [0.05, 0.1) is 5.52 Å². The molecule has 1 fully saturated rings. The summed E-state index contributed by atoms with van der Waals surface area (Å²) in [5.41, 5.74) is 2.06. The fraction of sp³-hybridized carbons (Fsp3) is 0.417. The molecular formula is C24H28FN5O2. The molecule has 0 saturated heterocycles. The van der Waals surface area contributed by atoms with Gasteiger partial charge in [0, 0.05) is 12.6 Å². The largest absolute Gasteiger partial charge is 0.354 e. The predicted octanol–water partition coefficient (Wildman–Crippen LogP) is 3.47. The Labute approximate surface area is 186 Å². The molecule has 2 aromatic carbocycles. The second kappa shape index (κ2) is 9.46. The van der Waals surface area contributed by atoms with E-state index in [1.807, 2.05) is 24.3 Å². The minimum atomic E-state index is -0.822. The van der Waals surface area contributed by atoms with E-state index in [9.17, 15) is 14.0 Å². The molecule has 1 atom stereocenters. The van der Waals surface area contributed by atoms with Crippen LogP contribution in [0.4, 0.5) is 4.39 Å². The van der Waals surface area contributed by atoms with Gasteiger partial charge in [-0.15, -0.1) is 5.10 Å². The van der Waals surface area contributed by atoms with Crippen molar-refractivity contribution in [3.8, 4) is 0 Å². The molecule has 0 radical (unpaired) electrons.